The molecule has 0 aromatic carbocycles. The summed E-state index contributed by atoms with van der Waals surface area (Å²) >= 11 is 3.08. The molecule has 1 N–H and O–H groups in total. The minimum Gasteiger partial charge on any atom is -0.480 e. The van der Waals surface area contributed by atoms with Crippen molar-refractivity contribution >= 4 is 35.0 Å². The first-order valence-corrected chi connectivity index (χ1v) is 8.59. The van der Waals surface area contributed by atoms with Crippen molar-refractivity contribution in [1.82, 2.24) is 4.90 Å². The fourth-order valence-electron chi connectivity index (χ4n) is 2.53. The molecule has 1 aliphatic heterocycles. The Morgan fingerprint density at radius 3 is 2.55 bits per heavy atom. The van der Waals surface area contributed by atoms with Gasteiger partial charge in [0.05, 0.1) is 10.3 Å². The van der Waals surface area contributed by atoms with E-state index in [4.69, 9.17) is 0 Å². The summed E-state index contributed by atoms with van der Waals surface area (Å²) in [6.45, 7) is 3.97. The predicted octanol–water partition coefficient (Wildman–Crippen LogP) is 2.74. The Morgan fingerprint density at radius 1 is 1.35 bits per heavy atom. The Kier molecular flexibility index (Phi) is 3.54. The second kappa shape index (κ2) is 5.07. The molecule has 1 saturated heterocycles. The van der Waals surface area contributed by atoms with Gasteiger partial charge in [-0.2, -0.15) is 0 Å². The van der Waals surface area contributed by atoms with Gasteiger partial charge in [0.1, 0.15) is 6.04 Å². The SMILES string of the molecule is Cc1cc(C(=O)N2C(C(=O)O)CSC2C2CC2)sc1C. The van der Waals surface area contributed by atoms with E-state index in [2.05, 4.69) is 0 Å². The number of thiophene rings is 1. The fourth-order valence-corrected chi connectivity index (χ4v) is 5.13. The summed E-state index contributed by atoms with van der Waals surface area (Å²) in [7, 11) is 0. The normalized spacial score (nSPS) is 26.0. The monoisotopic (exact) mass is 311 g/mol. The van der Waals surface area contributed by atoms with Gasteiger partial charge in [-0.1, -0.05) is 0 Å². The number of amides is 1. The van der Waals surface area contributed by atoms with Crippen molar-refractivity contribution in [1.29, 1.82) is 0 Å². The van der Waals surface area contributed by atoms with E-state index in [9.17, 15) is 14.7 Å². The lowest BCUT2D eigenvalue weighted by Gasteiger charge is -2.26. The summed E-state index contributed by atoms with van der Waals surface area (Å²) in [5.41, 5.74) is 1.10. The quantitative estimate of drug-likeness (QED) is 0.932. The minimum absolute atomic E-state index is 0.0475. The number of thioether (sulfide) groups is 1. The largest absolute Gasteiger partial charge is 0.480 e. The minimum atomic E-state index is -0.890. The van der Waals surface area contributed by atoms with Crippen LogP contribution in [0.1, 0.15) is 33.0 Å². The molecule has 108 valence electrons. The first kappa shape index (κ1) is 13.9. The molecule has 1 saturated carbocycles. The van der Waals surface area contributed by atoms with Gasteiger partial charge in [-0.05, 0) is 44.2 Å². The molecule has 2 heterocycles. The summed E-state index contributed by atoms with van der Waals surface area (Å²) < 4.78 is 0. The van der Waals surface area contributed by atoms with E-state index >= 15 is 0 Å². The molecule has 2 atom stereocenters. The summed E-state index contributed by atoms with van der Waals surface area (Å²) in [6.07, 6.45) is 2.21. The molecule has 1 aromatic heterocycles. The molecule has 1 aliphatic carbocycles. The highest BCUT2D eigenvalue weighted by Crippen LogP contribution is 2.46. The number of rotatable bonds is 3. The lowest BCUT2D eigenvalue weighted by Crippen LogP contribution is -2.46. The number of nitrogens with zero attached hydrogens (tertiary/aromatic N) is 1. The van der Waals surface area contributed by atoms with Crippen molar-refractivity contribution in [2.75, 3.05) is 5.75 Å². The zero-order chi connectivity index (χ0) is 14.4. The Labute approximate surface area is 126 Å². The summed E-state index contributed by atoms with van der Waals surface area (Å²) in [5.74, 6) is -0.0130. The zero-order valence-electron chi connectivity index (χ0n) is 11.5. The van der Waals surface area contributed by atoms with Gasteiger partial charge in [-0.3, -0.25) is 4.79 Å². The Hall–Kier alpha value is -1.01. The van der Waals surface area contributed by atoms with Crippen LogP contribution in [0.2, 0.25) is 0 Å². The second-order valence-electron chi connectivity index (χ2n) is 5.48. The molecule has 1 aromatic rings. The molecule has 1 amide bonds. The first-order valence-electron chi connectivity index (χ1n) is 6.73. The van der Waals surface area contributed by atoms with Gasteiger partial charge in [0.25, 0.3) is 5.91 Å². The molecule has 3 rings (SSSR count). The van der Waals surface area contributed by atoms with Gasteiger partial charge in [0, 0.05) is 10.6 Å². The van der Waals surface area contributed by atoms with Crippen molar-refractivity contribution in [3.63, 3.8) is 0 Å². The molecule has 6 heteroatoms. The molecular formula is C14H17NO3S2. The van der Waals surface area contributed by atoms with Gasteiger partial charge in [-0.15, -0.1) is 23.1 Å². The van der Waals surface area contributed by atoms with E-state index in [1.165, 1.54) is 11.3 Å². The third-order valence-corrected chi connectivity index (χ3v) is 6.56. The van der Waals surface area contributed by atoms with E-state index in [1.807, 2.05) is 19.9 Å². The van der Waals surface area contributed by atoms with Crippen molar-refractivity contribution in [3.8, 4) is 0 Å². The highest BCUT2D eigenvalue weighted by Gasteiger charge is 2.48. The highest BCUT2D eigenvalue weighted by atomic mass is 32.2. The van der Waals surface area contributed by atoms with E-state index < -0.39 is 12.0 Å². The van der Waals surface area contributed by atoms with Crippen LogP contribution in [0.15, 0.2) is 6.07 Å². The Bertz CT molecular complexity index is 545. The van der Waals surface area contributed by atoms with Gasteiger partial charge >= 0.3 is 5.97 Å². The molecule has 4 nitrogen and oxygen atoms in total. The topological polar surface area (TPSA) is 57.6 Å². The van der Waals surface area contributed by atoms with Crippen LogP contribution >= 0.6 is 23.1 Å². The molecule has 2 aliphatic rings. The molecule has 0 spiro atoms. The van der Waals surface area contributed by atoms with E-state index in [0.717, 1.165) is 23.3 Å². The maximum atomic E-state index is 12.7. The van der Waals surface area contributed by atoms with Crippen molar-refractivity contribution in [2.45, 2.75) is 38.1 Å². The summed E-state index contributed by atoms with van der Waals surface area (Å²) in [6, 6.07) is 1.20. The number of hydrogen-bond donors (Lipinski definition) is 1. The van der Waals surface area contributed by atoms with Crippen molar-refractivity contribution < 1.29 is 14.7 Å². The maximum Gasteiger partial charge on any atom is 0.327 e. The second-order valence-corrected chi connectivity index (χ2v) is 7.88. The third-order valence-electron chi connectivity index (χ3n) is 3.96. The average Bonchev–Trinajstić information content (AvgIpc) is 3.05. The van der Waals surface area contributed by atoms with Crippen LogP contribution in [0.5, 0.6) is 0 Å². The Morgan fingerprint density at radius 2 is 2.05 bits per heavy atom. The van der Waals surface area contributed by atoms with Crippen LogP contribution in [0.3, 0.4) is 0 Å². The fraction of sp³-hybridized carbons (Fsp3) is 0.571. The molecule has 2 unspecified atom stereocenters. The van der Waals surface area contributed by atoms with Crippen LogP contribution in [-0.2, 0) is 4.79 Å². The van der Waals surface area contributed by atoms with Crippen LogP contribution in [0.25, 0.3) is 0 Å². The van der Waals surface area contributed by atoms with Crippen molar-refractivity contribution in [2.24, 2.45) is 5.92 Å². The van der Waals surface area contributed by atoms with Crippen LogP contribution in [0, 0.1) is 19.8 Å². The van der Waals surface area contributed by atoms with Gasteiger partial charge in [0.2, 0.25) is 0 Å². The number of aryl methyl sites for hydroxylation is 2. The standard InChI is InChI=1S/C14H17NO3S2/c1-7-5-11(20-8(7)2)12(16)15-10(14(17)18)6-19-13(15)9-3-4-9/h5,9-10,13H,3-4,6H2,1-2H3,(H,17,18). The first-order chi connectivity index (χ1) is 9.49. The number of carbonyl (C=O) groups is 2. The third kappa shape index (κ3) is 2.35. The van der Waals surface area contributed by atoms with Crippen LogP contribution < -0.4 is 0 Å². The van der Waals surface area contributed by atoms with Crippen LogP contribution in [0.4, 0.5) is 0 Å². The van der Waals surface area contributed by atoms with Crippen molar-refractivity contribution in [3.05, 3.63) is 21.4 Å². The zero-order valence-corrected chi connectivity index (χ0v) is 13.1. The average molecular weight is 311 g/mol. The predicted molar refractivity (Wildman–Crippen MR) is 80.4 cm³/mol. The van der Waals surface area contributed by atoms with Gasteiger partial charge in [-0.25, -0.2) is 4.79 Å². The Balaban J connectivity index is 1.90. The summed E-state index contributed by atoms with van der Waals surface area (Å²) in [5, 5.41) is 9.40. The number of carboxylic acid groups (broad SMARTS) is 1. The number of carboxylic acids is 1. The van der Waals surface area contributed by atoms with Crippen LogP contribution in [-0.4, -0.2) is 39.1 Å². The maximum absolute atomic E-state index is 12.7. The lowest BCUT2D eigenvalue weighted by atomic mass is 10.2. The van der Waals surface area contributed by atoms with E-state index in [-0.39, 0.29) is 11.3 Å². The van der Waals surface area contributed by atoms with E-state index in [0.29, 0.717) is 16.5 Å². The van der Waals surface area contributed by atoms with Gasteiger partial charge < -0.3 is 10.0 Å². The van der Waals surface area contributed by atoms with E-state index in [1.54, 1.807) is 16.7 Å². The lowest BCUT2D eigenvalue weighted by molar-refractivity contribution is -0.141. The number of carbonyl (C=O) groups excluding carboxylic acids is 1. The highest BCUT2D eigenvalue weighted by molar-refractivity contribution is 8.00. The molecule has 20 heavy (non-hydrogen) atoms. The number of hydrogen-bond acceptors (Lipinski definition) is 4. The molecule has 0 radical (unpaired) electrons. The molecule has 2 fully saturated rings. The summed E-state index contributed by atoms with van der Waals surface area (Å²) in [4.78, 5) is 27.5. The number of aliphatic carboxylic acids is 1. The smallest absolute Gasteiger partial charge is 0.327 e. The molecule has 0 bridgehead atoms. The van der Waals surface area contributed by atoms with Gasteiger partial charge in [0.15, 0.2) is 0 Å². The molecular weight excluding hydrogens is 294 g/mol.